The lowest BCUT2D eigenvalue weighted by Gasteiger charge is -2.32. The molecule has 1 fully saturated rings. The van der Waals surface area contributed by atoms with Crippen molar-refractivity contribution >= 4 is 17.8 Å². The Hall–Kier alpha value is -3.56. The topological polar surface area (TPSA) is 115 Å². The molecule has 166 valence electrons. The molecule has 1 aliphatic heterocycles. The molecule has 2 N–H and O–H groups in total. The van der Waals surface area contributed by atoms with Crippen molar-refractivity contribution in [1.29, 1.82) is 0 Å². The fourth-order valence-electron chi connectivity index (χ4n) is 3.43. The van der Waals surface area contributed by atoms with E-state index in [1.807, 2.05) is 0 Å². The number of methoxy groups -OCH3 is 3. The predicted molar refractivity (Wildman–Crippen MR) is 114 cm³/mol. The van der Waals surface area contributed by atoms with Gasteiger partial charge in [-0.05, 0) is 31.0 Å². The summed E-state index contributed by atoms with van der Waals surface area (Å²) < 4.78 is 15.8. The van der Waals surface area contributed by atoms with Gasteiger partial charge in [-0.15, -0.1) is 0 Å². The van der Waals surface area contributed by atoms with E-state index < -0.39 is 5.91 Å². The summed E-state index contributed by atoms with van der Waals surface area (Å²) in [5.41, 5.74) is 0.304. The van der Waals surface area contributed by atoms with E-state index in [0.717, 1.165) is 25.9 Å². The van der Waals surface area contributed by atoms with Crippen molar-refractivity contribution in [2.45, 2.75) is 18.9 Å². The summed E-state index contributed by atoms with van der Waals surface area (Å²) in [4.78, 5) is 35.4. The van der Waals surface area contributed by atoms with Crippen LogP contribution in [0.4, 0.5) is 5.95 Å². The molecule has 0 bridgehead atoms. The first-order valence-corrected chi connectivity index (χ1v) is 9.95. The van der Waals surface area contributed by atoms with E-state index in [1.165, 1.54) is 33.5 Å². The van der Waals surface area contributed by atoms with Gasteiger partial charge in [0.25, 0.3) is 5.91 Å². The monoisotopic (exact) mass is 429 g/mol. The van der Waals surface area contributed by atoms with Gasteiger partial charge in [0.15, 0.2) is 11.5 Å². The lowest BCUT2D eigenvalue weighted by atomic mass is 10.1. The minimum atomic E-state index is -0.412. The zero-order valence-corrected chi connectivity index (χ0v) is 17.9. The van der Waals surface area contributed by atoms with Gasteiger partial charge in [0.2, 0.25) is 17.6 Å². The van der Waals surface area contributed by atoms with Crippen molar-refractivity contribution in [3.05, 3.63) is 36.2 Å². The highest BCUT2D eigenvalue weighted by Gasteiger charge is 2.22. The standard InChI is InChI=1S/C21H27N5O5/c1-29-16-11-14(12-17(30-2)19(16)31-3)20(28)24-13-18(27)25-15-5-9-26(10-6-15)21-22-7-4-8-23-21/h4,7-8,11-12,15H,5-6,9-10,13H2,1-3H3,(H,24,28)(H,25,27). The molecule has 1 saturated heterocycles. The van der Waals surface area contributed by atoms with Gasteiger partial charge in [-0.25, -0.2) is 9.97 Å². The van der Waals surface area contributed by atoms with Gasteiger partial charge in [-0.2, -0.15) is 0 Å². The van der Waals surface area contributed by atoms with Crippen molar-refractivity contribution in [3.8, 4) is 17.2 Å². The molecule has 10 nitrogen and oxygen atoms in total. The number of hydrogen-bond acceptors (Lipinski definition) is 8. The van der Waals surface area contributed by atoms with Crippen LogP contribution < -0.4 is 29.7 Å². The highest BCUT2D eigenvalue weighted by molar-refractivity contribution is 5.97. The van der Waals surface area contributed by atoms with E-state index in [1.54, 1.807) is 18.5 Å². The summed E-state index contributed by atoms with van der Waals surface area (Å²) in [5, 5.41) is 5.60. The average molecular weight is 429 g/mol. The molecule has 0 radical (unpaired) electrons. The summed E-state index contributed by atoms with van der Waals surface area (Å²) in [6, 6.07) is 4.90. The largest absolute Gasteiger partial charge is 0.493 e. The molecule has 1 aliphatic rings. The van der Waals surface area contributed by atoms with Gasteiger partial charge in [-0.1, -0.05) is 0 Å². The molecular weight excluding hydrogens is 402 g/mol. The third-order valence-electron chi connectivity index (χ3n) is 5.03. The second kappa shape index (κ2) is 10.5. The molecule has 0 unspecified atom stereocenters. The van der Waals surface area contributed by atoms with Crippen LogP contribution in [0.5, 0.6) is 17.2 Å². The molecule has 1 aromatic carbocycles. The molecule has 10 heteroatoms. The summed E-state index contributed by atoms with van der Waals surface area (Å²) in [6.45, 7) is 1.39. The van der Waals surface area contributed by atoms with Gasteiger partial charge in [0.05, 0.1) is 27.9 Å². The fourth-order valence-corrected chi connectivity index (χ4v) is 3.43. The third-order valence-corrected chi connectivity index (χ3v) is 5.03. The Bertz CT molecular complexity index is 875. The predicted octanol–water partition coefficient (Wildman–Crippen LogP) is 1.02. The van der Waals surface area contributed by atoms with E-state index >= 15 is 0 Å². The molecule has 0 aliphatic carbocycles. The molecule has 31 heavy (non-hydrogen) atoms. The van der Waals surface area contributed by atoms with Crippen LogP contribution in [0.15, 0.2) is 30.6 Å². The van der Waals surface area contributed by atoms with E-state index in [9.17, 15) is 9.59 Å². The maximum Gasteiger partial charge on any atom is 0.251 e. The van der Waals surface area contributed by atoms with Crippen molar-refractivity contribution in [1.82, 2.24) is 20.6 Å². The van der Waals surface area contributed by atoms with Gasteiger partial charge in [-0.3, -0.25) is 9.59 Å². The lowest BCUT2D eigenvalue weighted by Crippen LogP contribution is -2.47. The number of nitrogens with zero attached hydrogens (tertiary/aromatic N) is 3. The number of anilines is 1. The van der Waals surface area contributed by atoms with Crippen LogP contribution >= 0.6 is 0 Å². The van der Waals surface area contributed by atoms with E-state index in [0.29, 0.717) is 28.8 Å². The van der Waals surface area contributed by atoms with Crippen LogP contribution in [0.2, 0.25) is 0 Å². The Morgan fingerprint density at radius 1 is 1.03 bits per heavy atom. The second-order valence-corrected chi connectivity index (χ2v) is 6.97. The lowest BCUT2D eigenvalue weighted by molar-refractivity contribution is -0.120. The number of carbonyl (C=O) groups is 2. The van der Waals surface area contributed by atoms with Crippen molar-refractivity contribution < 1.29 is 23.8 Å². The molecule has 1 aromatic heterocycles. The Labute approximate surface area is 180 Å². The zero-order valence-electron chi connectivity index (χ0n) is 17.9. The summed E-state index contributed by atoms with van der Waals surface area (Å²) in [5.74, 6) is 1.17. The molecule has 0 spiro atoms. The van der Waals surface area contributed by atoms with Crippen molar-refractivity contribution in [3.63, 3.8) is 0 Å². The minimum absolute atomic E-state index is 0.0468. The van der Waals surface area contributed by atoms with Crippen LogP contribution in [0.25, 0.3) is 0 Å². The van der Waals surface area contributed by atoms with Gasteiger partial charge in [0.1, 0.15) is 0 Å². The Kier molecular flexibility index (Phi) is 7.47. The number of hydrogen-bond donors (Lipinski definition) is 2. The number of rotatable bonds is 8. The van der Waals surface area contributed by atoms with Crippen LogP contribution in [0.1, 0.15) is 23.2 Å². The quantitative estimate of drug-likeness (QED) is 0.639. The number of benzene rings is 1. The minimum Gasteiger partial charge on any atom is -0.493 e. The zero-order chi connectivity index (χ0) is 22.2. The molecule has 0 atom stereocenters. The van der Waals surface area contributed by atoms with Gasteiger partial charge >= 0.3 is 0 Å². The first-order valence-electron chi connectivity index (χ1n) is 9.95. The highest BCUT2D eigenvalue weighted by atomic mass is 16.5. The van der Waals surface area contributed by atoms with Crippen LogP contribution in [-0.2, 0) is 4.79 Å². The number of carbonyl (C=O) groups excluding carboxylic acids is 2. The first-order chi connectivity index (χ1) is 15.0. The number of ether oxygens (including phenoxy) is 3. The third kappa shape index (κ3) is 5.53. The molecule has 2 aromatic rings. The number of amides is 2. The Morgan fingerprint density at radius 2 is 1.65 bits per heavy atom. The van der Waals surface area contributed by atoms with Gasteiger partial charge < -0.3 is 29.7 Å². The normalized spacial score (nSPS) is 14.0. The Morgan fingerprint density at radius 3 is 2.19 bits per heavy atom. The summed E-state index contributed by atoms with van der Waals surface area (Å²) >= 11 is 0. The van der Waals surface area contributed by atoms with Crippen LogP contribution in [0, 0.1) is 0 Å². The first kappa shape index (κ1) is 22.1. The van der Waals surface area contributed by atoms with E-state index in [2.05, 4.69) is 25.5 Å². The van der Waals surface area contributed by atoms with Crippen molar-refractivity contribution in [2.75, 3.05) is 45.9 Å². The SMILES string of the molecule is COc1cc(C(=O)NCC(=O)NC2CCN(c3ncccn3)CC2)cc(OC)c1OC. The fraction of sp³-hybridized carbons (Fsp3) is 0.429. The number of piperidine rings is 1. The van der Waals surface area contributed by atoms with E-state index in [-0.39, 0.29) is 18.5 Å². The molecule has 0 saturated carbocycles. The maximum absolute atomic E-state index is 12.5. The highest BCUT2D eigenvalue weighted by Crippen LogP contribution is 2.38. The Balaban J connectivity index is 1.49. The number of aromatic nitrogens is 2. The second-order valence-electron chi connectivity index (χ2n) is 6.97. The maximum atomic E-state index is 12.5. The summed E-state index contributed by atoms with van der Waals surface area (Å²) in [7, 11) is 4.44. The summed E-state index contributed by atoms with van der Waals surface area (Å²) in [6.07, 6.45) is 5.00. The smallest absolute Gasteiger partial charge is 0.251 e. The van der Waals surface area contributed by atoms with Crippen LogP contribution in [-0.4, -0.2) is 68.8 Å². The molecule has 3 rings (SSSR count). The van der Waals surface area contributed by atoms with Crippen LogP contribution in [0.3, 0.4) is 0 Å². The van der Waals surface area contributed by atoms with Crippen molar-refractivity contribution in [2.24, 2.45) is 0 Å². The molecular formula is C21H27N5O5. The molecule has 2 amide bonds. The van der Waals surface area contributed by atoms with Gasteiger partial charge in [0, 0.05) is 37.1 Å². The number of nitrogens with one attached hydrogen (secondary N) is 2. The van der Waals surface area contributed by atoms with E-state index in [4.69, 9.17) is 14.2 Å². The molecule has 2 heterocycles. The average Bonchev–Trinajstić information content (AvgIpc) is 2.82.